The first kappa shape index (κ1) is 21.3. The third-order valence-electron chi connectivity index (χ3n) is 6.41. The van der Waals surface area contributed by atoms with Gasteiger partial charge in [-0.1, -0.05) is 74.6 Å². The molecule has 1 aliphatic heterocycles. The van der Waals surface area contributed by atoms with Crippen LogP contribution in [0.1, 0.15) is 55.6 Å². The Balaban J connectivity index is 1.62. The number of esters is 1. The third-order valence-corrected chi connectivity index (χ3v) is 6.41. The molecule has 5 heteroatoms. The zero-order chi connectivity index (χ0) is 21.8. The van der Waals surface area contributed by atoms with Crippen molar-refractivity contribution in [2.75, 3.05) is 0 Å². The van der Waals surface area contributed by atoms with Gasteiger partial charge >= 0.3 is 5.97 Å². The number of ether oxygens (including phenoxy) is 1. The molecule has 0 aromatic heterocycles. The number of halogens is 1. The van der Waals surface area contributed by atoms with Gasteiger partial charge in [-0.3, -0.25) is 4.79 Å². The molecule has 1 N–H and O–H groups in total. The van der Waals surface area contributed by atoms with E-state index in [0.29, 0.717) is 18.8 Å². The number of Topliss-reactive ketones (excluding diaryl/α,β-unsaturated/α-hetero) is 1. The number of rotatable bonds is 6. The van der Waals surface area contributed by atoms with Crippen LogP contribution < -0.4 is 0 Å². The molecule has 0 amide bonds. The zero-order valence-corrected chi connectivity index (χ0v) is 17.4. The van der Waals surface area contributed by atoms with Gasteiger partial charge in [-0.2, -0.15) is 0 Å². The van der Waals surface area contributed by atoms with Gasteiger partial charge in [-0.05, 0) is 42.0 Å². The molecule has 2 aromatic rings. The van der Waals surface area contributed by atoms with Crippen LogP contribution in [0.4, 0.5) is 4.39 Å². The molecule has 2 unspecified atom stereocenters. The topological polar surface area (TPSA) is 63.6 Å². The van der Waals surface area contributed by atoms with Gasteiger partial charge in [0.2, 0.25) is 5.78 Å². The van der Waals surface area contributed by atoms with Crippen molar-refractivity contribution in [1.29, 1.82) is 0 Å². The Kier molecular flexibility index (Phi) is 6.50. The number of carbonyl (C=O) groups is 2. The highest BCUT2D eigenvalue weighted by molar-refractivity contribution is 6.23. The van der Waals surface area contributed by atoms with Gasteiger partial charge in [-0.25, -0.2) is 9.18 Å². The van der Waals surface area contributed by atoms with E-state index in [1.54, 1.807) is 12.1 Å². The van der Waals surface area contributed by atoms with Gasteiger partial charge < -0.3 is 9.84 Å². The van der Waals surface area contributed by atoms with Crippen LogP contribution in [0.5, 0.6) is 0 Å². The van der Waals surface area contributed by atoms with Gasteiger partial charge in [0.1, 0.15) is 17.1 Å². The lowest BCUT2D eigenvalue weighted by molar-refractivity contribution is -0.141. The van der Waals surface area contributed by atoms with Crippen LogP contribution in [0.2, 0.25) is 0 Å². The van der Waals surface area contributed by atoms with Crippen molar-refractivity contribution in [2.24, 2.45) is 5.92 Å². The smallest absolute Gasteiger partial charge is 0.346 e. The summed E-state index contributed by atoms with van der Waals surface area (Å²) in [5, 5.41) is 11.1. The maximum atomic E-state index is 13.3. The molecule has 4 rings (SSSR count). The SMILES string of the molecule is O=C1OC(CC2CCCCC2)C(=O)/C1=C(\O)C(Cc1ccc(F)cc1)c1ccccc1. The lowest BCUT2D eigenvalue weighted by Gasteiger charge is -2.22. The fourth-order valence-corrected chi connectivity index (χ4v) is 4.70. The van der Waals surface area contributed by atoms with Crippen molar-refractivity contribution >= 4 is 11.8 Å². The van der Waals surface area contributed by atoms with Crippen LogP contribution in [0.3, 0.4) is 0 Å². The summed E-state index contributed by atoms with van der Waals surface area (Å²) >= 11 is 0. The molecular weight excluding hydrogens is 395 g/mol. The maximum Gasteiger partial charge on any atom is 0.346 e. The molecule has 31 heavy (non-hydrogen) atoms. The summed E-state index contributed by atoms with van der Waals surface area (Å²) in [6.45, 7) is 0. The number of benzene rings is 2. The van der Waals surface area contributed by atoms with E-state index in [0.717, 1.165) is 36.8 Å². The van der Waals surface area contributed by atoms with Crippen molar-refractivity contribution < 1.29 is 23.8 Å². The van der Waals surface area contributed by atoms with E-state index in [1.165, 1.54) is 18.6 Å². The van der Waals surface area contributed by atoms with Gasteiger partial charge in [-0.15, -0.1) is 0 Å². The molecular formula is C26H27FO4. The second-order valence-electron chi connectivity index (χ2n) is 8.55. The minimum Gasteiger partial charge on any atom is -0.511 e. The Morgan fingerprint density at radius 1 is 1.00 bits per heavy atom. The van der Waals surface area contributed by atoms with Gasteiger partial charge in [0.25, 0.3) is 0 Å². The summed E-state index contributed by atoms with van der Waals surface area (Å²) in [4.78, 5) is 25.7. The predicted molar refractivity (Wildman–Crippen MR) is 115 cm³/mol. The van der Waals surface area contributed by atoms with Crippen molar-refractivity contribution in [1.82, 2.24) is 0 Å². The van der Waals surface area contributed by atoms with Crippen LogP contribution in [-0.2, 0) is 20.7 Å². The Morgan fingerprint density at radius 2 is 1.68 bits per heavy atom. The monoisotopic (exact) mass is 422 g/mol. The number of hydrogen-bond donors (Lipinski definition) is 1. The molecule has 2 atom stereocenters. The Hall–Kier alpha value is -2.95. The maximum absolute atomic E-state index is 13.3. The van der Waals surface area contributed by atoms with Crippen molar-refractivity contribution in [3.63, 3.8) is 0 Å². The first-order chi connectivity index (χ1) is 15.0. The number of cyclic esters (lactones) is 1. The molecule has 1 heterocycles. The molecule has 1 saturated heterocycles. The second-order valence-corrected chi connectivity index (χ2v) is 8.55. The molecule has 1 aliphatic carbocycles. The predicted octanol–water partition coefficient (Wildman–Crippen LogP) is 5.43. The summed E-state index contributed by atoms with van der Waals surface area (Å²) in [7, 11) is 0. The van der Waals surface area contributed by atoms with Crippen molar-refractivity contribution in [3.8, 4) is 0 Å². The molecule has 2 fully saturated rings. The summed E-state index contributed by atoms with van der Waals surface area (Å²) in [5.41, 5.74) is 1.32. The number of allylic oxidation sites excluding steroid dienone is 1. The summed E-state index contributed by atoms with van der Waals surface area (Å²) in [6.07, 6.45) is 5.62. The van der Waals surface area contributed by atoms with E-state index in [9.17, 15) is 19.1 Å². The largest absolute Gasteiger partial charge is 0.511 e. The number of aliphatic hydroxyl groups is 1. The van der Waals surface area contributed by atoms with E-state index in [-0.39, 0.29) is 17.1 Å². The number of ketones is 1. The second kappa shape index (κ2) is 9.46. The highest BCUT2D eigenvalue weighted by Gasteiger charge is 2.43. The molecule has 4 nitrogen and oxygen atoms in total. The molecule has 0 spiro atoms. The van der Waals surface area contributed by atoms with Crippen LogP contribution in [-0.4, -0.2) is 23.0 Å². The van der Waals surface area contributed by atoms with E-state index in [2.05, 4.69) is 0 Å². The van der Waals surface area contributed by atoms with Gasteiger partial charge in [0.05, 0.1) is 0 Å². The zero-order valence-electron chi connectivity index (χ0n) is 17.4. The molecule has 0 radical (unpaired) electrons. The normalized spacial score (nSPS) is 22.3. The van der Waals surface area contributed by atoms with Gasteiger partial charge in [0, 0.05) is 5.92 Å². The van der Waals surface area contributed by atoms with Crippen LogP contribution >= 0.6 is 0 Å². The van der Waals surface area contributed by atoms with Crippen LogP contribution in [0.25, 0.3) is 0 Å². The molecule has 1 saturated carbocycles. The average Bonchev–Trinajstić information content (AvgIpc) is 3.07. The minimum atomic E-state index is -0.810. The quantitative estimate of drug-likeness (QED) is 0.292. The van der Waals surface area contributed by atoms with Crippen molar-refractivity contribution in [2.45, 2.75) is 57.0 Å². The summed E-state index contributed by atoms with van der Waals surface area (Å²) in [5.74, 6) is -2.01. The molecule has 2 aromatic carbocycles. The third kappa shape index (κ3) is 4.87. The van der Waals surface area contributed by atoms with Crippen molar-refractivity contribution in [3.05, 3.63) is 82.9 Å². The lowest BCUT2D eigenvalue weighted by atomic mass is 9.83. The first-order valence-corrected chi connectivity index (χ1v) is 11.0. The highest BCUT2D eigenvalue weighted by Crippen LogP contribution is 2.35. The number of aliphatic hydroxyl groups excluding tert-OH is 1. The summed E-state index contributed by atoms with van der Waals surface area (Å²) < 4.78 is 18.7. The molecule has 0 bridgehead atoms. The average molecular weight is 422 g/mol. The minimum absolute atomic E-state index is 0.239. The molecule has 2 aliphatic rings. The van der Waals surface area contributed by atoms with Crippen LogP contribution in [0, 0.1) is 11.7 Å². The Labute approximate surface area is 181 Å². The summed E-state index contributed by atoms with van der Waals surface area (Å²) in [6, 6.07) is 15.2. The van der Waals surface area contributed by atoms with E-state index < -0.39 is 23.8 Å². The number of carbonyl (C=O) groups excluding carboxylic acids is 2. The standard InChI is InChI=1S/C26H27FO4/c27-20-13-11-18(12-14-20)15-21(19-9-5-2-6-10-19)24(28)23-25(29)22(31-26(23)30)16-17-7-3-1-4-8-17/h2,5-6,9-14,17,21-22,28H,1,3-4,7-8,15-16H2/b24-23+. The lowest BCUT2D eigenvalue weighted by Crippen LogP contribution is -2.22. The first-order valence-electron chi connectivity index (χ1n) is 11.0. The van der Waals surface area contributed by atoms with Crippen LogP contribution in [0.15, 0.2) is 65.9 Å². The molecule has 162 valence electrons. The Morgan fingerprint density at radius 3 is 2.35 bits per heavy atom. The number of hydrogen-bond acceptors (Lipinski definition) is 4. The van der Waals surface area contributed by atoms with E-state index in [4.69, 9.17) is 4.74 Å². The Bertz CT molecular complexity index is 959. The van der Waals surface area contributed by atoms with Gasteiger partial charge in [0.15, 0.2) is 6.10 Å². The fourth-order valence-electron chi connectivity index (χ4n) is 4.70. The highest BCUT2D eigenvalue weighted by atomic mass is 19.1. The van der Waals surface area contributed by atoms with E-state index >= 15 is 0 Å². The van der Waals surface area contributed by atoms with E-state index in [1.807, 2.05) is 30.3 Å². The fraction of sp³-hybridized carbons (Fsp3) is 0.385.